The van der Waals surface area contributed by atoms with E-state index in [9.17, 15) is 9.59 Å². The van der Waals surface area contributed by atoms with Crippen LogP contribution in [-0.4, -0.2) is 25.5 Å². The van der Waals surface area contributed by atoms with Crippen LogP contribution in [0.25, 0.3) is 0 Å². The van der Waals surface area contributed by atoms with Gasteiger partial charge in [0.05, 0.1) is 7.11 Å². The molecule has 0 radical (unpaired) electrons. The number of ether oxygens (including phenoxy) is 1. The fourth-order valence-corrected chi connectivity index (χ4v) is 2.71. The zero-order valence-electron chi connectivity index (χ0n) is 15.6. The zero-order chi connectivity index (χ0) is 19.8. The molecule has 0 aliphatic rings. The molecular weight excluding hydrogens is 352 g/mol. The monoisotopic (exact) mass is 374 g/mol. The fourth-order valence-electron chi connectivity index (χ4n) is 2.71. The van der Waals surface area contributed by atoms with Crippen LogP contribution in [0.4, 0.5) is 5.69 Å². The topological polar surface area (TPSA) is 67.4 Å². The third-order valence-electron chi connectivity index (χ3n) is 4.30. The summed E-state index contributed by atoms with van der Waals surface area (Å²) in [6, 6.07) is 23.6. The molecule has 3 rings (SSSR count). The molecule has 2 amide bonds. The maximum atomic E-state index is 12.3. The van der Waals surface area contributed by atoms with Crippen molar-refractivity contribution in [1.82, 2.24) is 5.32 Å². The van der Waals surface area contributed by atoms with E-state index in [2.05, 4.69) is 10.6 Å². The van der Waals surface area contributed by atoms with Gasteiger partial charge in [0.1, 0.15) is 5.75 Å². The summed E-state index contributed by atoms with van der Waals surface area (Å²) < 4.78 is 5.13. The lowest BCUT2D eigenvalue weighted by atomic mass is 10.1. The lowest BCUT2D eigenvalue weighted by Crippen LogP contribution is -2.25. The second-order valence-electron chi connectivity index (χ2n) is 6.25. The molecule has 0 atom stereocenters. The van der Waals surface area contributed by atoms with Crippen molar-refractivity contribution in [2.45, 2.75) is 6.42 Å². The third kappa shape index (κ3) is 5.20. The Balaban J connectivity index is 1.49. The van der Waals surface area contributed by atoms with Gasteiger partial charge >= 0.3 is 0 Å². The van der Waals surface area contributed by atoms with E-state index in [4.69, 9.17) is 4.74 Å². The number of methoxy groups -OCH3 is 1. The SMILES string of the molecule is COc1ccc(CCNC(=O)c2ccc(NC(=O)c3ccccc3)cc2)cc1. The molecule has 0 saturated heterocycles. The molecule has 0 unspecified atom stereocenters. The number of hydrogen-bond donors (Lipinski definition) is 2. The maximum absolute atomic E-state index is 12.3. The Bertz CT molecular complexity index is 920. The maximum Gasteiger partial charge on any atom is 0.255 e. The second kappa shape index (κ2) is 9.37. The molecular formula is C23H22N2O3. The van der Waals surface area contributed by atoms with E-state index in [-0.39, 0.29) is 11.8 Å². The number of hydrogen-bond acceptors (Lipinski definition) is 3. The number of benzene rings is 3. The largest absolute Gasteiger partial charge is 0.497 e. The average Bonchev–Trinajstić information content (AvgIpc) is 2.75. The van der Waals surface area contributed by atoms with Crippen molar-refractivity contribution in [3.63, 3.8) is 0 Å². The lowest BCUT2D eigenvalue weighted by Gasteiger charge is -2.08. The van der Waals surface area contributed by atoms with Crippen LogP contribution in [0.1, 0.15) is 26.3 Å². The van der Waals surface area contributed by atoms with E-state index in [0.717, 1.165) is 17.7 Å². The van der Waals surface area contributed by atoms with Crippen LogP contribution in [0.15, 0.2) is 78.9 Å². The minimum Gasteiger partial charge on any atom is -0.497 e. The van der Waals surface area contributed by atoms with E-state index in [1.807, 2.05) is 42.5 Å². The summed E-state index contributed by atoms with van der Waals surface area (Å²) in [4.78, 5) is 24.4. The molecule has 0 heterocycles. The molecule has 3 aromatic carbocycles. The smallest absolute Gasteiger partial charge is 0.255 e. The Morgan fingerprint density at radius 3 is 2.07 bits per heavy atom. The van der Waals surface area contributed by atoms with E-state index >= 15 is 0 Å². The minimum absolute atomic E-state index is 0.144. The number of anilines is 1. The molecule has 3 aromatic rings. The van der Waals surface area contributed by atoms with Crippen LogP contribution in [-0.2, 0) is 6.42 Å². The van der Waals surface area contributed by atoms with Gasteiger partial charge in [-0.2, -0.15) is 0 Å². The minimum atomic E-state index is -0.183. The molecule has 0 fully saturated rings. The van der Waals surface area contributed by atoms with Crippen molar-refractivity contribution < 1.29 is 14.3 Å². The van der Waals surface area contributed by atoms with Crippen molar-refractivity contribution in [1.29, 1.82) is 0 Å². The average molecular weight is 374 g/mol. The quantitative estimate of drug-likeness (QED) is 0.659. The van der Waals surface area contributed by atoms with E-state index in [1.165, 1.54) is 0 Å². The first-order valence-electron chi connectivity index (χ1n) is 9.03. The summed E-state index contributed by atoms with van der Waals surface area (Å²) in [6.07, 6.45) is 0.737. The van der Waals surface area contributed by atoms with Gasteiger partial charge in [0.25, 0.3) is 11.8 Å². The van der Waals surface area contributed by atoms with Gasteiger partial charge in [-0.25, -0.2) is 0 Å². The first-order valence-corrected chi connectivity index (χ1v) is 9.03. The molecule has 2 N–H and O–H groups in total. The molecule has 142 valence electrons. The van der Waals surface area contributed by atoms with Crippen molar-refractivity contribution in [2.24, 2.45) is 0 Å². The van der Waals surface area contributed by atoms with Crippen LogP contribution >= 0.6 is 0 Å². The molecule has 28 heavy (non-hydrogen) atoms. The summed E-state index contributed by atoms with van der Waals surface area (Å²) in [5, 5.41) is 5.72. The summed E-state index contributed by atoms with van der Waals surface area (Å²) in [7, 11) is 1.63. The van der Waals surface area contributed by atoms with Gasteiger partial charge in [0, 0.05) is 23.4 Å². The van der Waals surface area contributed by atoms with Crippen molar-refractivity contribution in [3.8, 4) is 5.75 Å². The number of carbonyl (C=O) groups excluding carboxylic acids is 2. The Labute approximate surface area is 164 Å². The highest BCUT2D eigenvalue weighted by atomic mass is 16.5. The van der Waals surface area contributed by atoms with E-state index in [0.29, 0.717) is 23.4 Å². The molecule has 0 bridgehead atoms. The van der Waals surface area contributed by atoms with E-state index in [1.54, 1.807) is 43.5 Å². The molecule has 0 spiro atoms. The number of rotatable bonds is 7. The summed E-state index contributed by atoms with van der Waals surface area (Å²) in [5.74, 6) is 0.485. The second-order valence-corrected chi connectivity index (χ2v) is 6.25. The first kappa shape index (κ1) is 19.2. The summed E-state index contributed by atoms with van der Waals surface area (Å²) in [5.41, 5.74) is 2.90. The Morgan fingerprint density at radius 2 is 1.43 bits per heavy atom. The highest BCUT2D eigenvalue weighted by Crippen LogP contribution is 2.13. The molecule has 0 aliphatic heterocycles. The van der Waals surface area contributed by atoms with Crippen molar-refractivity contribution in [2.75, 3.05) is 19.0 Å². The predicted molar refractivity (Wildman–Crippen MR) is 110 cm³/mol. The van der Waals surface area contributed by atoms with Crippen LogP contribution in [0.3, 0.4) is 0 Å². The van der Waals surface area contributed by atoms with Crippen molar-refractivity contribution >= 4 is 17.5 Å². The summed E-state index contributed by atoms with van der Waals surface area (Å²) >= 11 is 0. The van der Waals surface area contributed by atoms with Gasteiger partial charge in [-0.1, -0.05) is 30.3 Å². The highest BCUT2D eigenvalue weighted by molar-refractivity contribution is 6.04. The van der Waals surface area contributed by atoms with E-state index < -0.39 is 0 Å². The Kier molecular flexibility index (Phi) is 6.41. The number of amides is 2. The third-order valence-corrected chi connectivity index (χ3v) is 4.30. The molecule has 5 heteroatoms. The van der Waals surface area contributed by atoms with Gasteiger partial charge in [0.15, 0.2) is 0 Å². The van der Waals surface area contributed by atoms with Crippen LogP contribution in [0, 0.1) is 0 Å². The molecule has 0 aromatic heterocycles. The number of carbonyl (C=O) groups is 2. The fraction of sp³-hybridized carbons (Fsp3) is 0.130. The van der Waals surface area contributed by atoms with Gasteiger partial charge in [-0.3, -0.25) is 9.59 Å². The molecule has 0 aliphatic carbocycles. The van der Waals surface area contributed by atoms with Crippen LogP contribution < -0.4 is 15.4 Å². The van der Waals surface area contributed by atoms with Crippen LogP contribution in [0.2, 0.25) is 0 Å². The predicted octanol–water partition coefficient (Wildman–Crippen LogP) is 3.92. The van der Waals surface area contributed by atoms with Crippen molar-refractivity contribution in [3.05, 3.63) is 95.6 Å². The first-order chi connectivity index (χ1) is 13.7. The normalized spacial score (nSPS) is 10.2. The molecule has 0 saturated carbocycles. The van der Waals surface area contributed by atoms with Gasteiger partial charge in [-0.15, -0.1) is 0 Å². The Hall–Kier alpha value is -3.60. The van der Waals surface area contributed by atoms with Gasteiger partial charge in [-0.05, 0) is 60.5 Å². The molecule has 5 nitrogen and oxygen atoms in total. The Morgan fingerprint density at radius 1 is 0.786 bits per heavy atom. The lowest BCUT2D eigenvalue weighted by molar-refractivity contribution is 0.0953. The summed E-state index contributed by atoms with van der Waals surface area (Å²) in [6.45, 7) is 0.539. The zero-order valence-corrected chi connectivity index (χ0v) is 15.6. The van der Waals surface area contributed by atoms with Gasteiger partial charge in [0.2, 0.25) is 0 Å². The standard InChI is InChI=1S/C23H22N2O3/c1-28-21-13-7-17(8-14-21)15-16-24-22(26)19-9-11-20(12-10-19)25-23(27)18-5-3-2-4-6-18/h2-14H,15-16H2,1H3,(H,24,26)(H,25,27). The van der Waals surface area contributed by atoms with Gasteiger partial charge < -0.3 is 15.4 Å². The highest BCUT2D eigenvalue weighted by Gasteiger charge is 2.08. The van der Waals surface area contributed by atoms with Crippen LogP contribution in [0.5, 0.6) is 5.75 Å². The number of nitrogens with one attached hydrogen (secondary N) is 2.